The molecule has 1 aliphatic heterocycles. The van der Waals surface area contributed by atoms with E-state index >= 15 is 0 Å². The summed E-state index contributed by atoms with van der Waals surface area (Å²) >= 11 is 0. The fourth-order valence-electron chi connectivity index (χ4n) is 2.08. The van der Waals surface area contributed by atoms with Crippen LogP contribution >= 0.6 is 0 Å². The highest BCUT2D eigenvalue weighted by Crippen LogP contribution is 2.15. The van der Waals surface area contributed by atoms with Crippen molar-refractivity contribution in [2.24, 2.45) is 5.73 Å². The molecule has 0 radical (unpaired) electrons. The van der Waals surface area contributed by atoms with Crippen LogP contribution in [0.25, 0.3) is 0 Å². The smallest absolute Gasteiger partial charge is 0.281 e. The summed E-state index contributed by atoms with van der Waals surface area (Å²) in [6, 6.07) is 0. The normalized spacial score (nSPS) is 20.2. The first-order chi connectivity index (χ1) is 8.09. The van der Waals surface area contributed by atoms with Gasteiger partial charge in [0, 0.05) is 26.7 Å². The largest absolute Gasteiger partial charge is 0.330 e. The fourth-order valence-corrected chi connectivity index (χ4v) is 3.55. The Bertz CT molecular complexity index is 298. The minimum absolute atomic E-state index is 0.509. The van der Waals surface area contributed by atoms with Crippen molar-refractivity contribution in [3.63, 3.8) is 0 Å². The van der Waals surface area contributed by atoms with Gasteiger partial charge in [0.05, 0.1) is 0 Å². The minimum atomic E-state index is -3.26. The van der Waals surface area contributed by atoms with E-state index in [9.17, 15) is 8.42 Å². The van der Waals surface area contributed by atoms with E-state index in [-0.39, 0.29) is 0 Å². The molecule has 0 bridgehead atoms. The van der Waals surface area contributed by atoms with Crippen molar-refractivity contribution in [3.8, 4) is 0 Å². The van der Waals surface area contributed by atoms with Gasteiger partial charge >= 0.3 is 0 Å². The molecule has 0 atom stereocenters. The first-order valence-electron chi connectivity index (χ1n) is 6.50. The molecule has 17 heavy (non-hydrogen) atoms. The Morgan fingerprint density at radius 2 is 1.65 bits per heavy atom. The van der Waals surface area contributed by atoms with E-state index in [4.69, 9.17) is 5.73 Å². The average Bonchev–Trinajstić information content (AvgIpc) is 2.24. The minimum Gasteiger partial charge on any atom is -0.330 e. The van der Waals surface area contributed by atoms with Crippen LogP contribution in [0.2, 0.25) is 0 Å². The summed E-state index contributed by atoms with van der Waals surface area (Å²) in [4.78, 5) is 0. The Kier molecular flexibility index (Phi) is 6.40. The molecule has 0 spiro atoms. The van der Waals surface area contributed by atoms with Crippen LogP contribution in [0.5, 0.6) is 0 Å². The monoisotopic (exact) mass is 263 g/mol. The van der Waals surface area contributed by atoms with Crippen LogP contribution in [-0.2, 0) is 10.2 Å². The molecule has 0 aromatic heterocycles. The third-order valence-electron chi connectivity index (χ3n) is 3.21. The van der Waals surface area contributed by atoms with Crippen molar-refractivity contribution in [2.45, 2.75) is 38.5 Å². The molecule has 6 heteroatoms. The molecule has 0 saturated carbocycles. The number of nitrogens with two attached hydrogens (primary N) is 1. The molecule has 1 saturated heterocycles. The molecule has 1 heterocycles. The molecule has 0 aromatic carbocycles. The van der Waals surface area contributed by atoms with Crippen molar-refractivity contribution < 1.29 is 8.42 Å². The van der Waals surface area contributed by atoms with Crippen LogP contribution in [-0.4, -0.2) is 50.3 Å². The summed E-state index contributed by atoms with van der Waals surface area (Å²) in [5.74, 6) is 0. The molecule has 5 nitrogen and oxygen atoms in total. The average molecular weight is 263 g/mol. The topological polar surface area (TPSA) is 66.6 Å². The Hall–Kier alpha value is -0.170. The van der Waals surface area contributed by atoms with E-state index in [0.717, 1.165) is 25.7 Å². The van der Waals surface area contributed by atoms with E-state index in [1.54, 1.807) is 11.4 Å². The number of rotatable bonds is 5. The van der Waals surface area contributed by atoms with Crippen LogP contribution in [0.4, 0.5) is 0 Å². The van der Waals surface area contributed by atoms with Crippen LogP contribution < -0.4 is 5.73 Å². The van der Waals surface area contributed by atoms with Gasteiger partial charge in [0.1, 0.15) is 0 Å². The lowest BCUT2D eigenvalue weighted by molar-refractivity contribution is 0.329. The highest BCUT2D eigenvalue weighted by atomic mass is 32.2. The van der Waals surface area contributed by atoms with Gasteiger partial charge < -0.3 is 5.73 Å². The van der Waals surface area contributed by atoms with E-state index in [2.05, 4.69) is 0 Å². The lowest BCUT2D eigenvalue weighted by atomic mass is 10.1. The second kappa shape index (κ2) is 7.31. The van der Waals surface area contributed by atoms with Crippen molar-refractivity contribution in [2.75, 3.05) is 33.2 Å². The Balaban J connectivity index is 2.59. The summed E-state index contributed by atoms with van der Waals surface area (Å²) in [5.41, 5.74) is 5.41. The van der Waals surface area contributed by atoms with E-state index in [0.29, 0.717) is 32.6 Å². The Morgan fingerprint density at radius 3 is 2.18 bits per heavy atom. The van der Waals surface area contributed by atoms with Gasteiger partial charge in [-0.2, -0.15) is 17.0 Å². The van der Waals surface area contributed by atoms with Gasteiger partial charge in [-0.05, 0) is 25.8 Å². The first kappa shape index (κ1) is 14.9. The highest BCUT2D eigenvalue weighted by Gasteiger charge is 2.26. The molecular weight excluding hydrogens is 238 g/mol. The second-order valence-electron chi connectivity index (χ2n) is 4.64. The zero-order valence-electron chi connectivity index (χ0n) is 10.8. The Morgan fingerprint density at radius 1 is 1.12 bits per heavy atom. The van der Waals surface area contributed by atoms with Crippen molar-refractivity contribution in [3.05, 3.63) is 0 Å². The maximum atomic E-state index is 12.3. The molecule has 1 aliphatic rings. The summed E-state index contributed by atoms with van der Waals surface area (Å²) in [6.07, 6.45) is 6.17. The highest BCUT2D eigenvalue weighted by molar-refractivity contribution is 7.86. The van der Waals surface area contributed by atoms with Gasteiger partial charge in [-0.15, -0.1) is 0 Å². The van der Waals surface area contributed by atoms with E-state index < -0.39 is 10.2 Å². The van der Waals surface area contributed by atoms with Crippen LogP contribution in [0.3, 0.4) is 0 Å². The molecule has 0 aliphatic carbocycles. The lowest BCUT2D eigenvalue weighted by Crippen LogP contribution is -2.43. The van der Waals surface area contributed by atoms with Gasteiger partial charge in [-0.3, -0.25) is 0 Å². The molecule has 1 fully saturated rings. The molecule has 0 aromatic rings. The van der Waals surface area contributed by atoms with Crippen LogP contribution in [0.15, 0.2) is 0 Å². The predicted molar refractivity (Wildman–Crippen MR) is 69.9 cm³/mol. The van der Waals surface area contributed by atoms with E-state index in [1.807, 2.05) is 0 Å². The number of hydrogen-bond donors (Lipinski definition) is 1. The third kappa shape index (κ3) is 4.54. The second-order valence-corrected chi connectivity index (χ2v) is 6.67. The summed E-state index contributed by atoms with van der Waals surface area (Å²) in [5, 5.41) is 0. The third-order valence-corrected chi connectivity index (χ3v) is 5.20. The quantitative estimate of drug-likeness (QED) is 0.797. The molecule has 2 N–H and O–H groups in total. The van der Waals surface area contributed by atoms with Crippen LogP contribution in [0, 0.1) is 0 Å². The molecule has 1 rings (SSSR count). The lowest BCUT2D eigenvalue weighted by Gasteiger charge is -2.28. The van der Waals surface area contributed by atoms with Crippen molar-refractivity contribution in [1.29, 1.82) is 0 Å². The maximum absolute atomic E-state index is 12.3. The van der Waals surface area contributed by atoms with Gasteiger partial charge in [-0.1, -0.05) is 19.3 Å². The molecule has 0 unspecified atom stereocenters. The standard InChI is InChI=1S/C11H25N3O2S/c1-13(9-7-8-12)17(15,16)14-10-5-3-2-4-6-11-14/h2-12H2,1H3. The maximum Gasteiger partial charge on any atom is 0.281 e. The summed E-state index contributed by atoms with van der Waals surface area (Å²) in [7, 11) is -1.62. The SMILES string of the molecule is CN(CCCN)S(=O)(=O)N1CCCCCCC1. The van der Waals surface area contributed by atoms with Gasteiger partial charge in [0.15, 0.2) is 0 Å². The molecule has 0 amide bonds. The zero-order chi connectivity index (χ0) is 12.7. The van der Waals surface area contributed by atoms with Gasteiger partial charge in [-0.25, -0.2) is 0 Å². The zero-order valence-corrected chi connectivity index (χ0v) is 11.6. The van der Waals surface area contributed by atoms with Gasteiger partial charge in [0.25, 0.3) is 10.2 Å². The number of hydrogen-bond acceptors (Lipinski definition) is 3. The molecular formula is C11H25N3O2S. The van der Waals surface area contributed by atoms with Crippen molar-refractivity contribution in [1.82, 2.24) is 8.61 Å². The van der Waals surface area contributed by atoms with Crippen molar-refractivity contribution >= 4 is 10.2 Å². The Labute approximate surface area is 105 Å². The summed E-state index contributed by atoms with van der Waals surface area (Å²) in [6.45, 7) is 2.36. The summed E-state index contributed by atoms with van der Waals surface area (Å²) < 4.78 is 27.6. The molecule has 102 valence electrons. The fraction of sp³-hybridized carbons (Fsp3) is 1.00. The van der Waals surface area contributed by atoms with Gasteiger partial charge in [0.2, 0.25) is 0 Å². The van der Waals surface area contributed by atoms with E-state index in [1.165, 1.54) is 10.7 Å². The predicted octanol–water partition coefficient (Wildman–Crippen LogP) is 0.778. The van der Waals surface area contributed by atoms with Crippen LogP contribution in [0.1, 0.15) is 38.5 Å². The number of nitrogens with zero attached hydrogens (tertiary/aromatic N) is 2. The first-order valence-corrected chi connectivity index (χ1v) is 7.90.